The Hall–Kier alpha value is -2.16. The Kier molecular flexibility index (Phi) is 8.27. The number of morpholine rings is 1. The molecule has 1 aromatic carbocycles. The van der Waals surface area contributed by atoms with Gasteiger partial charge in [-0.25, -0.2) is 4.98 Å². The van der Waals surface area contributed by atoms with Crippen LogP contribution in [0.3, 0.4) is 0 Å². The molecule has 0 unspecified atom stereocenters. The molecule has 8 heteroatoms. The van der Waals surface area contributed by atoms with Crippen molar-refractivity contribution in [3.63, 3.8) is 0 Å². The number of nitrogens with zero attached hydrogens (tertiary/aromatic N) is 3. The molecule has 1 aliphatic rings. The summed E-state index contributed by atoms with van der Waals surface area (Å²) in [4.78, 5) is 12.4. The van der Waals surface area contributed by atoms with Crippen molar-refractivity contribution >= 4 is 17.3 Å². The highest BCUT2D eigenvalue weighted by molar-refractivity contribution is 7.11. The van der Waals surface area contributed by atoms with Gasteiger partial charge in [0.15, 0.2) is 5.96 Å². The minimum absolute atomic E-state index is 0.682. The first-order valence-electron chi connectivity index (χ1n) is 10.0. The second-order valence-electron chi connectivity index (χ2n) is 6.97. The van der Waals surface area contributed by atoms with Crippen LogP contribution in [-0.4, -0.2) is 62.3 Å². The zero-order valence-corrected chi connectivity index (χ0v) is 18.3. The maximum Gasteiger partial charge on any atom is 0.191 e. The number of hydrogen-bond donors (Lipinski definition) is 2. The van der Waals surface area contributed by atoms with Crippen molar-refractivity contribution in [1.29, 1.82) is 0 Å². The maximum absolute atomic E-state index is 5.94. The van der Waals surface area contributed by atoms with Gasteiger partial charge in [-0.2, -0.15) is 0 Å². The third kappa shape index (κ3) is 6.99. The van der Waals surface area contributed by atoms with Crippen LogP contribution in [0.1, 0.15) is 21.1 Å². The zero-order valence-electron chi connectivity index (χ0n) is 17.5. The van der Waals surface area contributed by atoms with Gasteiger partial charge in [0.25, 0.3) is 0 Å². The highest BCUT2D eigenvalue weighted by Gasteiger charge is 2.10. The molecule has 1 aliphatic heterocycles. The lowest BCUT2D eigenvalue weighted by Gasteiger charge is -2.26. The summed E-state index contributed by atoms with van der Waals surface area (Å²) in [6.45, 7) is 10.7. The summed E-state index contributed by atoms with van der Waals surface area (Å²) in [5.74, 6) is 1.67. The average Bonchev–Trinajstić information content (AvgIpc) is 3.06. The van der Waals surface area contributed by atoms with Crippen LogP contribution in [0.4, 0.5) is 0 Å². The molecule has 2 heterocycles. The summed E-state index contributed by atoms with van der Waals surface area (Å²) in [6.07, 6.45) is 0. The average molecular weight is 418 g/mol. The standard InChI is InChI=1S/C21H31N5O2S/c1-16-20(29-17(2)25-16)15-24-21(22-3)23-14-18-5-4-6-19(13-18)28-12-9-26-7-10-27-11-8-26/h4-6,13H,7-12,14-15H2,1-3H3,(H2,22,23,24). The van der Waals surface area contributed by atoms with Crippen molar-refractivity contribution in [3.05, 3.63) is 45.4 Å². The number of benzene rings is 1. The fraction of sp³-hybridized carbons (Fsp3) is 0.524. The van der Waals surface area contributed by atoms with Crippen molar-refractivity contribution in [2.75, 3.05) is 46.5 Å². The van der Waals surface area contributed by atoms with E-state index in [9.17, 15) is 0 Å². The van der Waals surface area contributed by atoms with E-state index in [1.54, 1.807) is 18.4 Å². The Labute approximate surface area is 177 Å². The largest absolute Gasteiger partial charge is 0.492 e. The van der Waals surface area contributed by atoms with Gasteiger partial charge < -0.3 is 20.1 Å². The normalized spacial score (nSPS) is 15.3. The first kappa shape index (κ1) is 21.5. The molecule has 158 valence electrons. The number of aliphatic imine (C=N–C) groups is 1. The summed E-state index contributed by atoms with van der Waals surface area (Å²) < 4.78 is 11.3. The lowest BCUT2D eigenvalue weighted by atomic mass is 10.2. The highest BCUT2D eigenvalue weighted by atomic mass is 32.1. The Morgan fingerprint density at radius 1 is 1.24 bits per heavy atom. The number of ether oxygens (including phenoxy) is 2. The summed E-state index contributed by atoms with van der Waals surface area (Å²) in [5.41, 5.74) is 2.24. The molecule has 0 bridgehead atoms. The molecule has 29 heavy (non-hydrogen) atoms. The molecule has 7 nitrogen and oxygen atoms in total. The number of thiazole rings is 1. The Morgan fingerprint density at radius 3 is 2.76 bits per heavy atom. The van der Waals surface area contributed by atoms with Gasteiger partial charge in [-0.15, -0.1) is 11.3 Å². The molecule has 1 aromatic heterocycles. The first-order chi connectivity index (χ1) is 14.1. The van der Waals surface area contributed by atoms with Crippen LogP contribution >= 0.6 is 11.3 Å². The predicted octanol–water partition coefficient (Wildman–Crippen LogP) is 2.34. The minimum Gasteiger partial charge on any atom is -0.492 e. The number of guanidine groups is 1. The van der Waals surface area contributed by atoms with E-state index < -0.39 is 0 Å². The SMILES string of the molecule is CN=C(NCc1cccc(OCCN2CCOCC2)c1)NCc1sc(C)nc1C. The monoisotopic (exact) mass is 417 g/mol. The summed E-state index contributed by atoms with van der Waals surface area (Å²) in [6, 6.07) is 8.20. The topological polar surface area (TPSA) is 71.0 Å². The van der Waals surface area contributed by atoms with Crippen LogP contribution in [-0.2, 0) is 17.8 Å². The Balaban J connectivity index is 1.43. The van der Waals surface area contributed by atoms with Gasteiger partial charge in [-0.3, -0.25) is 9.89 Å². The molecular formula is C21H31N5O2S. The van der Waals surface area contributed by atoms with Crippen molar-refractivity contribution in [2.24, 2.45) is 4.99 Å². The van der Waals surface area contributed by atoms with Gasteiger partial charge in [0.2, 0.25) is 0 Å². The van der Waals surface area contributed by atoms with Gasteiger partial charge in [0.05, 0.1) is 30.5 Å². The van der Waals surface area contributed by atoms with E-state index in [4.69, 9.17) is 9.47 Å². The molecule has 0 radical (unpaired) electrons. The van der Waals surface area contributed by atoms with Gasteiger partial charge in [-0.1, -0.05) is 12.1 Å². The van der Waals surface area contributed by atoms with Crippen molar-refractivity contribution in [3.8, 4) is 5.75 Å². The van der Waals surface area contributed by atoms with Crippen molar-refractivity contribution in [1.82, 2.24) is 20.5 Å². The minimum atomic E-state index is 0.682. The second kappa shape index (κ2) is 11.1. The van der Waals surface area contributed by atoms with Gasteiger partial charge in [-0.05, 0) is 31.5 Å². The molecule has 1 saturated heterocycles. The summed E-state index contributed by atoms with van der Waals surface area (Å²) in [7, 11) is 1.78. The number of nitrogens with one attached hydrogen (secondary N) is 2. The molecule has 2 N–H and O–H groups in total. The van der Waals surface area contributed by atoms with Crippen LogP contribution in [0.2, 0.25) is 0 Å². The highest BCUT2D eigenvalue weighted by Crippen LogP contribution is 2.16. The number of aromatic nitrogens is 1. The Bertz CT molecular complexity index is 802. The molecule has 0 spiro atoms. The predicted molar refractivity (Wildman–Crippen MR) is 118 cm³/mol. The number of aryl methyl sites for hydroxylation is 2. The zero-order chi connectivity index (χ0) is 20.5. The number of rotatable bonds is 8. The van der Waals surface area contributed by atoms with E-state index in [1.165, 1.54) is 4.88 Å². The molecule has 3 rings (SSSR count). The lowest BCUT2D eigenvalue weighted by molar-refractivity contribution is 0.0322. The molecule has 0 aliphatic carbocycles. The van der Waals surface area contributed by atoms with E-state index in [1.807, 2.05) is 26.0 Å². The van der Waals surface area contributed by atoms with Crippen molar-refractivity contribution < 1.29 is 9.47 Å². The first-order valence-corrected chi connectivity index (χ1v) is 10.8. The van der Waals surface area contributed by atoms with E-state index >= 15 is 0 Å². The van der Waals surface area contributed by atoms with Gasteiger partial charge >= 0.3 is 0 Å². The van der Waals surface area contributed by atoms with Crippen LogP contribution in [0, 0.1) is 13.8 Å². The molecule has 2 aromatic rings. The maximum atomic E-state index is 5.94. The molecular weight excluding hydrogens is 386 g/mol. The van der Waals surface area contributed by atoms with Crippen LogP contribution < -0.4 is 15.4 Å². The van der Waals surface area contributed by atoms with E-state index in [2.05, 4.69) is 37.6 Å². The third-order valence-electron chi connectivity index (χ3n) is 4.78. The fourth-order valence-electron chi connectivity index (χ4n) is 3.17. The van der Waals surface area contributed by atoms with E-state index in [0.717, 1.165) is 67.4 Å². The van der Waals surface area contributed by atoms with Crippen molar-refractivity contribution in [2.45, 2.75) is 26.9 Å². The second-order valence-corrected chi connectivity index (χ2v) is 8.26. The summed E-state index contributed by atoms with van der Waals surface area (Å²) in [5, 5.41) is 7.81. The van der Waals surface area contributed by atoms with Crippen LogP contribution in [0.15, 0.2) is 29.3 Å². The smallest absolute Gasteiger partial charge is 0.191 e. The molecule has 1 fully saturated rings. The molecule has 0 saturated carbocycles. The lowest BCUT2D eigenvalue weighted by Crippen LogP contribution is -2.38. The van der Waals surface area contributed by atoms with Gasteiger partial charge in [0.1, 0.15) is 12.4 Å². The number of hydrogen-bond acceptors (Lipinski definition) is 6. The third-order valence-corrected chi connectivity index (χ3v) is 5.85. The van der Waals surface area contributed by atoms with E-state index in [-0.39, 0.29) is 0 Å². The Morgan fingerprint density at radius 2 is 2.03 bits per heavy atom. The molecule has 0 atom stereocenters. The fourth-order valence-corrected chi connectivity index (χ4v) is 4.05. The van der Waals surface area contributed by atoms with E-state index in [0.29, 0.717) is 13.2 Å². The quantitative estimate of drug-likeness (QED) is 0.508. The molecule has 0 amide bonds. The van der Waals surface area contributed by atoms with Crippen LogP contribution in [0.25, 0.3) is 0 Å². The van der Waals surface area contributed by atoms with Crippen LogP contribution in [0.5, 0.6) is 5.75 Å². The van der Waals surface area contributed by atoms with Gasteiger partial charge in [0, 0.05) is 38.1 Å². The summed E-state index contributed by atoms with van der Waals surface area (Å²) >= 11 is 1.72.